The van der Waals surface area contributed by atoms with Crippen molar-refractivity contribution in [2.75, 3.05) is 17.6 Å². The third-order valence-corrected chi connectivity index (χ3v) is 4.59. The summed E-state index contributed by atoms with van der Waals surface area (Å²) >= 11 is 1.55. The van der Waals surface area contributed by atoms with Crippen LogP contribution in [0, 0.1) is 6.92 Å². The quantitative estimate of drug-likeness (QED) is 0.709. The highest BCUT2D eigenvalue weighted by molar-refractivity contribution is 7.99. The monoisotopic (exact) mass is 354 g/mol. The van der Waals surface area contributed by atoms with Gasteiger partial charge in [0, 0.05) is 12.3 Å². The van der Waals surface area contributed by atoms with E-state index in [9.17, 15) is 9.59 Å². The number of carbonyl (C=O) groups is 2. The minimum atomic E-state index is -0.233. The Morgan fingerprint density at radius 2 is 1.84 bits per heavy atom. The standard InChI is InChI=1S/C20H22N2O2S/c1-3-12-21-20(24)17-10-6-7-11-18(17)22-19(23)14-25-13-16-9-5-4-8-15(16)2/h3-11H,1,12-14H2,2H3,(H,21,24)(H,22,23). The Morgan fingerprint density at radius 3 is 2.60 bits per heavy atom. The maximum absolute atomic E-state index is 12.2. The summed E-state index contributed by atoms with van der Waals surface area (Å²) in [5, 5.41) is 5.54. The number of hydrogen-bond donors (Lipinski definition) is 2. The van der Waals surface area contributed by atoms with Crippen molar-refractivity contribution in [3.05, 3.63) is 77.9 Å². The molecule has 2 aromatic carbocycles. The molecule has 0 aliphatic heterocycles. The second-order valence-corrected chi connectivity index (χ2v) is 6.50. The van der Waals surface area contributed by atoms with E-state index in [1.165, 1.54) is 11.1 Å². The van der Waals surface area contributed by atoms with Crippen molar-refractivity contribution in [1.82, 2.24) is 5.32 Å². The topological polar surface area (TPSA) is 58.2 Å². The van der Waals surface area contributed by atoms with Crippen molar-refractivity contribution in [3.63, 3.8) is 0 Å². The molecular weight excluding hydrogens is 332 g/mol. The largest absolute Gasteiger partial charge is 0.349 e. The molecule has 0 aromatic heterocycles. The first-order valence-corrected chi connectivity index (χ1v) is 9.17. The van der Waals surface area contributed by atoms with Gasteiger partial charge in [0.25, 0.3) is 5.91 Å². The molecule has 0 spiro atoms. The molecule has 2 aromatic rings. The number of aryl methyl sites for hydroxylation is 1. The van der Waals surface area contributed by atoms with Gasteiger partial charge in [0.1, 0.15) is 0 Å². The maximum atomic E-state index is 12.2. The van der Waals surface area contributed by atoms with Crippen LogP contribution in [0.15, 0.2) is 61.2 Å². The normalized spacial score (nSPS) is 10.1. The van der Waals surface area contributed by atoms with E-state index in [0.29, 0.717) is 23.5 Å². The molecule has 4 nitrogen and oxygen atoms in total. The Bertz CT molecular complexity index is 759. The number of thioether (sulfide) groups is 1. The first-order chi connectivity index (χ1) is 12.1. The SMILES string of the molecule is C=CCNC(=O)c1ccccc1NC(=O)CSCc1ccccc1C. The average Bonchev–Trinajstić information content (AvgIpc) is 2.62. The lowest BCUT2D eigenvalue weighted by molar-refractivity contribution is -0.113. The van der Waals surface area contributed by atoms with Gasteiger partial charge in [-0.25, -0.2) is 0 Å². The molecule has 130 valence electrons. The number of rotatable bonds is 8. The first kappa shape index (κ1) is 18.8. The van der Waals surface area contributed by atoms with E-state index >= 15 is 0 Å². The minimum absolute atomic E-state index is 0.123. The number of benzene rings is 2. The second kappa shape index (κ2) is 9.69. The zero-order valence-corrected chi connectivity index (χ0v) is 15.1. The molecule has 0 aliphatic rings. The molecule has 0 radical (unpaired) electrons. The predicted molar refractivity (Wildman–Crippen MR) is 105 cm³/mol. The van der Waals surface area contributed by atoms with Crippen molar-refractivity contribution in [2.24, 2.45) is 0 Å². The van der Waals surface area contributed by atoms with Crippen LogP contribution < -0.4 is 10.6 Å². The van der Waals surface area contributed by atoms with E-state index < -0.39 is 0 Å². The molecule has 0 bridgehead atoms. The van der Waals surface area contributed by atoms with Crippen molar-refractivity contribution in [1.29, 1.82) is 0 Å². The number of amides is 2. The number of anilines is 1. The second-order valence-electron chi connectivity index (χ2n) is 5.51. The molecular formula is C20H22N2O2S. The lowest BCUT2D eigenvalue weighted by Crippen LogP contribution is -2.25. The van der Waals surface area contributed by atoms with Gasteiger partial charge in [-0.2, -0.15) is 0 Å². The van der Waals surface area contributed by atoms with Gasteiger partial charge in [0.15, 0.2) is 0 Å². The molecule has 2 rings (SSSR count). The molecule has 0 unspecified atom stereocenters. The molecule has 25 heavy (non-hydrogen) atoms. The summed E-state index contributed by atoms with van der Waals surface area (Å²) in [6, 6.07) is 15.1. The Kier molecular flexibility index (Phi) is 7.29. The molecule has 2 amide bonds. The summed E-state index contributed by atoms with van der Waals surface area (Å²) in [7, 11) is 0. The van der Waals surface area contributed by atoms with Gasteiger partial charge in [-0.1, -0.05) is 42.5 Å². The van der Waals surface area contributed by atoms with Crippen molar-refractivity contribution >= 4 is 29.3 Å². The van der Waals surface area contributed by atoms with E-state index in [1.54, 1.807) is 42.1 Å². The summed E-state index contributed by atoms with van der Waals surface area (Å²) in [6.07, 6.45) is 1.61. The molecule has 0 fully saturated rings. The first-order valence-electron chi connectivity index (χ1n) is 8.02. The van der Waals surface area contributed by atoms with Crippen LogP contribution >= 0.6 is 11.8 Å². The third-order valence-electron chi connectivity index (χ3n) is 3.60. The average molecular weight is 354 g/mol. The highest BCUT2D eigenvalue weighted by Crippen LogP contribution is 2.18. The Hall–Kier alpha value is -2.53. The Labute approximate surface area is 152 Å². The summed E-state index contributed by atoms with van der Waals surface area (Å²) in [5.41, 5.74) is 3.41. The molecule has 5 heteroatoms. The lowest BCUT2D eigenvalue weighted by atomic mass is 10.1. The van der Waals surface area contributed by atoms with Crippen molar-refractivity contribution < 1.29 is 9.59 Å². The molecule has 2 N–H and O–H groups in total. The van der Waals surface area contributed by atoms with E-state index in [0.717, 1.165) is 5.75 Å². The van der Waals surface area contributed by atoms with Crippen LogP contribution in [0.5, 0.6) is 0 Å². The Balaban J connectivity index is 1.91. The zero-order chi connectivity index (χ0) is 18.1. The highest BCUT2D eigenvalue weighted by atomic mass is 32.2. The van der Waals surface area contributed by atoms with Crippen molar-refractivity contribution in [2.45, 2.75) is 12.7 Å². The predicted octanol–water partition coefficient (Wildman–Crippen LogP) is 3.78. The number of carbonyl (C=O) groups excluding carboxylic acids is 2. The van der Waals surface area contributed by atoms with Crippen LogP contribution in [0.4, 0.5) is 5.69 Å². The van der Waals surface area contributed by atoms with Crippen LogP contribution in [0.3, 0.4) is 0 Å². The zero-order valence-electron chi connectivity index (χ0n) is 14.2. The van der Waals surface area contributed by atoms with E-state index in [-0.39, 0.29) is 11.8 Å². The van der Waals surface area contributed by atoms with E-state index in [1.807, 2.05) is 12.1 Å². The fourth-order valence-electron chi connectivity index (χ4n) is 2.26. The molecule has 0 saturated carbocycles. The summed E-state index contributed by atoms with van der Waals surface area (Å²) in [4.78, 5) is 24.3. The van der Waals surface area contributed by atoms with Crippen LogP contribution in [0.2, 0.25) is 0 Å². The van der Waals surface area contributed by atoms with E-state index in [2.05, 4.69) is 36.3 Å². The lowest BCUT2D eigenvalue weighted by Gasteiger charge is -2.11. The van der Waals surface area contributed by atoms with Crippen LogP contribution in [-0.4, -0.2) is 24.1 Å². The summed E-state index contributed by atoms with van der Waals surface area (Å²) in [6.45, 7) is 6.02. The van der Waals surface area contributed by atoms with Gasteiger partial charge >= 0.3 is 0 Å². The van der Waals surface area contributed by atoms with Gasteiger partial charge in [-0.05, 0) is 30.2 Å². The summed E-state index contributed by atoms with van der Waals surface area (Å²) in [5.74, 6) is 0.754. The van der Waals surface area contributed by atoms with E-state index in [4.69, 9.17) is 0 Å². The van der Waals surface area contributed by atoms with Gasteiger partial charge in [-0.15, -0.1) is 18.3 Å². The summed E-state index contributed by atoms with van der Waals surface area (Å²) < 4.78 is 0. The van der Waals surface area contributed by atoms with Gasteiger partial charge in [0.05, 0.1) is 17.0 Å². The molecule has 0 saturated heterocycles. The highest BCUT2D eigenvalue weighted by Gasteiger charge is 2.12. The third kappa shape index (κ3) is 5.80. The smallest absolute Gasteiger partial charge is 0.253 e. The van der Waals surface area contributed by atoms with Crippen LogP contribution in [0.1, 0.15) is 21.5 Å². The number of para-hydroxylation sites is 1. The fourth-order valence-corrected chi connectivity index (χ4v) is 3.17. The fraction of sp³-hybridized carbons (Fsp3) is 0.200. The minimum Gasteiger partial charge on any atom is -0.349 e. The molecule has 0 heterocycles. The van der Waals surface area contributed by atoms with Crippen LogP contribution in [0.25, 0.3) is 0 Å². The van der Waals surface area contributed by atoms with Crippen LogP contribution in [-0.2, 0) is 10.5 Å². The number of hydrogen-bond acceptors (Lipinski definition) is 3. The van der Waals surface area contributed by atoms with Gasteiger partial charge < -0.3 is 10.6 Å². The van der Waals surface area contributed by atoms with Crippen molar-refractivity contribution in [3.8, 4) is 0 Å². The molecule has 0 aliphatic carbocycles. The maximum Gasteiger partial charge on any atom is 0.253 e. The van der Waals surface area contributed by atoms with Gasteiger partial charge in [0.2, 0.25) is 5.91 Å². The Morgan fingerprint density at radius 1 is 1.12 bits per heavy atom. The number of nitrogens with one attached hydrogen (secondary N) is 2. The van der Waals surface area contributed by atoms with Gasteiger partial charge in [-0.3, -0.25) is 9.59 Å². The molecule has 0 atom stereocenters.